The van der Waals surface area contributed by atoms with Gasteiger partial charge in [-0.25, -0.2) is 11.3 Å². The standard InChI is InChI=1S/C10H15N3O2/c1-8-2-4-9(5-3-8)10(14)13(11)7-6-12-15/h2-5,12,15H,6-7,11H2,1H3. The zero-order chi connectivity index (χ0) is 11.3. The Balaban J connectivity index is 2.63. The molecule has 1 aromatic rings. The Bertz CT molecular complexity index is 324. The van der Waals surface area contributed by atoms with E-state index < -0.39 is 0 Å². The maximum Gasteiger partial charge on any atom is 0.267 e. The Hall–Kier alpha value is -1.43. The third kappa shape index (κ3) is 3.32. The average molecular weight is 209 g/mol. The largest absolute Gasteiger partial charge is 0.317 e. The fourth-order valence-electron chi connectivity index (χ4n) is 1.13. The van der Waals surface area contributed by atoms with Gasteiger partial charge in [0.2, 0.25) is 0 Å². The van der Waals surface area contributed by atoms with Crippen molar-refractivity contribution >= 4 is 5.91 Å². The second kappa shape index (κ2) is 5.45. The van der Waals surface area contributed by atoms with Crippen LogP contribution in [0.1, 0.15) is 15.9 Å². The lowest BCUT2D eigenvalue weighted by atomic mass is 10.1. The van der Waals surface area contributed by atoms with E-state index in [1.165, 1.54) is 0 Å². The summed E-state index contributed by atoms with van der Waals surface area (Å²) in [6.07, 6.45) is 0. The Labute approximate surface area is 88.4 Å². The summed E-state index contributed by atoms with van der Waals surface area (Å²) in [4.78, 5) is 11.7. The SMILES string of the molecule is Cc1ccc(C(=O)N(N)CCNO)cc1. The van der Waals surface area contributed by atoms with E-state index in [2.05, 4.69) is 0 Å². The fraction of sp³-hybridized carbons (Fsp3) is 0.300. The highest BCUT2D eigenvalue weighted by molar-refractivity contribution is 5.93. The second-order valence-corrected chi connectivity index (χ2v) is 3.27. The minimum absolute atomic E-state index is 0.244. The van der Waals surface area contributed by atoms with Crippen molar-refractivity contribution in [1.29, 1.82) is 0 Å². The summed E-state index contributed by atoms with van der Waals surface area (Å²) in [6.45, 7) is 2.45. The first-order valence-corrected chi connectivity index (χ1v) is 4.65. The molecular weight excluding hydrogens is 194 g/mol. The van der Waals surface area contributed by atoms with E-state index >= 15 is 0 Å². The van der Waals surface area contributed by atoms with Crippen LogP contribution in [0.15, 0.2) is 24.3 Å². The van der Waals surface area contributed by atoms with Crippen LogP contribution in [0.3, 0.4) is 0 Å². The maximum absolute atomic E-state index is 11.7. The van der Waals surface area contributed by atoms with Crippen LogP contribution < -0.4 is 11.3 Å². The van der Waals surface area contributed by atoms with E-state index in [0.29, 0.717) is 5.56 Å². The summed E-state index contributed by atoms with van der Waals surface area (Å²) in [5.74, 6) is 5.25. The van der Waals surface area contributed by atoms with Gasteiger partial charge in [0.25, 0.3) is 5.91 Å². The number of aryl methyl sites for hydroxylation is 1. The predicted octanol–water partition coefficient (Wildman–Crippen LogP) is 0.290. The molecule has 0 radical (unpaired) electrons. The van der Waals surface area contributed by atoms with E-state index in [-0.39, 0.29) is 19.0 Å². The molecule has 0 aliphatic heterocycles. The number of nitrogens with zero attached hydrogens (tertiary/aromatic N) is 1. The number of nitrogens with one attached hydrogen (secondary N) is 1. The van der Waals surface area contributed by atoms with Gasteiger partial charge < -0.3 is 5.21 Å². The average Bonchev–Trinajstić information content (AvgIpc) is 2.26. The summed E-state index contributed by atoms with van der Waals surface area (Å²) in [6, 6.07) is 7.16. The Morgan fingerprint density at radius 3 is 2.60 bits per heavy atom. The van der Waals surface area contributed by atoms with Gasteiger partial charge in [0.15, 0.2) is 0 Å². The molecule has 0 fully saturated rings. The molecule has 0 aromatic heterocycles. The topological polar surface area (TPSA) is 78.6 Å². The molecule has 0 aliphatic rings. The number of hydrogen-bond donors (Lipinski definition) is 3. The van der Waals surface area contributed by atoms with Crippen LogP contribution in [0.4, 0.5) is 0 Å². The monoisotopic (exact) mass is 209 g/mol. The van der Waals surface area contributed by atoms with Gasteiger partial charge in [-0.1, -0.05) is 17.7 Å². The molecule has 82 valence electrons. The lowest BCUT2D eigenvalue weighted by Gasteiger charge is -2.15. The van der Waals surface area contributed by atoms with Gasteiger partial charge >= 0.3 is 0 Å². The molecule has 0 heterocycles. The van der Waals surface area contributed by atoms with Crippen molar-refractivity contribution in [3.63, 3.8) is 0 Å². The Morgan fingerprint density at radius 2 is 2.07 bits per heavy atom. The Morgan fingerprint density at radius 1 is 1.47 bits per heavy atom. The van der Waals surface area contributed by atoms with E-state index in [9.17, 15) is 4.79 Å². The second-order valence-electron chi connectivity index (χ2n) is 3.27. The number of hydrazine groups is 1. The lowest BCUT2D eigenvalue weighted by molar-refractivity contribution is 0.0727. The summed E-state index contributed by atoms with van der Waals surface area (Å²) in [5, 5.41) is 9.42. The third-order valence-electron chi connectivity index (χ3n) is 2.02. The summed E-state index contributed by atoms with van der Waals surface area (Å²) >= 11 is 0. The molecule has 0 saturated carbocycles. The van der Waals surface area contributed by atoms with Crippen molar-refractivity contribution in [2.24, 2.45) is 5.84 Å². The van der Waals surface area contributed by atoms with Crippen molar-refractivity contribution in [1.82, 2.24) is 10.5 Å². The minimum atomic E-state index is -0.259. The summed E-state index contributed by atoms with van der Waals surface area (Å²) < 4.78 is 0. The van der Waals surface area contributed by atoms with Crippen LogP contribution >= 0.6 is 0 Å². The van der Waals surface area contributed by atoms with E-state index in [1.54, 1.807) is 12.1 Å². The molecular formula is C10H15N3O2. The number of carbonyl (C=O) groups is 1. The van der Waals surface area contributed by atoms with Crippen LogP contribution in [-0.2, 0) is 0 Å². The number of amides is 1. The molecule has 1 amide bonds. The molecule has 15 heavy (non-hydrogen) atoms. The molecule has 4 N–H and O–H groups in total. The molecule has 0 saturated heterocycles. The number of carbonyl (C=O) groups excluding carboxylic acids is 1. The van der Waals surface area contributed by atoms with Crippen LogP contribution in [0, 0.1) is 6.92 Å². The van der Waals surface area contributed by atoms with Gasteiger partial charge in [0, 0.05) is 12.1 Å². The third-order valence-corrected chi connectivity index (χ3v) is 2.02. The summed E-state index contributed by atoms with van der Waals surface area (Å²) in [7, 11) is 0. The van der Waals surface area contributed by atoms with Gasteiger partial charge in [0.05, 0.1) is 6.54 Å². The van der Waals surface area contributed by atoms with Gasteiger partial charge in [-0.05, 0) is 19.1 Å². The van der Waals surface area contributed by atoms with E-state index in [4.69, 9.17) is 11.0 Å². The highest BCUT2D eigenvalue weighted by Crippen LogP contribution is 2.04. The smallest absolute Gasteiger partial charge is 0.267 e. The molecule has 0 aliphatic carbocycles. The zero-order valence-electron chi connectivity index (χ0n) is 8.60. The van der Waals surface area contributed by atoms with Crippen LogP contribution in [0.5, 0.6) is 0 Å². The summed E-state index contributed by atoms with van der Waals surface area (Å²) in [5.41, 5.74) is 3.57. The first-order chi connectivity index (χ1) is 7.15. The van der Waals surface area contributed by atoms with Gasteiger partial charge in [-0.15, -0.1) is 0 Å². The number of hydrogen-bond acceptors (Lipinski definition) is 4. The maximum atomic E-state index is 11.7. The normalized spacial score (nSPS) is 10.1. The molecule has 0 unspecified atom stereocenters. The fourth-order valence-corrected chi connectivity index (χ4v) is 1.13. The zero-order valence-corrected chi connectivity index (χ0v) is 8.60. The molecule has 5 nitrogen and oxygen atoms in total. The van der Waals surface area contributed by atoms with Gasteiger partial charge in [-0.3, -0.25) is 9.80 Å². The van der Waals surface area contributed by atoms with Crippen LogP contribution in [0.2, 0.25) is 0 Å². The van der Waals surface area contributed by atoms with Crippen LogP contribution in [0.25, 0.3) is 0 Å². The number of nitrogens with two attached hydrogens (primary N) is 1. The number of rotatable bonds is 4. The van der Waals surface area contributed by atoms with Crippen LogP contribution in [-0.4, -0.2) is 29.2 Å². The highest BCUT2D eigenvalue weighted by atomic mass is 16.5. The van der Waals surface area contributed by atoms with Crippen molar-refractivity contribution < 1.29 is 10.0 Å². The molecule has 5 heteroatoms. The first kappa shape index (κ1) is 11.6. The molecule has 0 spiro atoms. The lowest BCUT2D eigenvalue weighted by Crippen LogP contribution is -2.41. The van der Waals surface area contributed by atoms with Crippen molar-refractivity contribution in [2.75, 3.05) is 13.1 Å². The predicted molar refractivity (Wildman–Crippen MR) is 56.2 cm³/mol. The molecule has 1 aromatic carbocycles. The molecule has 1 rings (SSSR count). The van der Waals surface area contributed by atoms with Crippen molar-refractivity contribution in [3.05, 3.63) is 35.4 Å². The Kier molecular flexibility index (Phi) is 4.23. The number of hydroxylamine groups is 1. The van der Waals surface area contributed by atoms with Gasteiger partial charge in [0.1, 0.15) is 0 Å². The van der Waals surface area contributed by atoms with Crippen molar-refractivity contribution in [2.45, 2.75) is 6.92 Å². The van der Waals surface area contributed by atoms with Gasteiger partial charge in [-0.2, -0.15) is 0 Å². The minimum Gasteiger partial charge on any atom is -0.317 e. The van der Waals surface area contributed by atoms with E-state index in [0.717, 1.165) is 10.6 Å². The quantitative estimate of drug-likeness (QED) is 0.378. The number of benzene rings is 1. The first-order valence-electron chi connectivity index (χ1n) is 4.65. The molecule has 0 bridgehead atoms. The van der Waals surface area contributed by atoms with Crippen molar-refractivity contribution in [3.8, 4) is 0 Å². The highest BCUT2D eigenvalue weighted by Gasteiger charge is 2.10. The molecule has 0 atom stereocenters. The van der Waals surface area contributed by atoms with E-state index in [1.807, 2.05) is 24.5 Å².